The van der Waals surface area contributed by atoms with Gasteiger partial charge >= 0.3 is 6.09 Å². The van der Waals surface area contributed by atoms with Crippen LogP contribution in [0.25, 0.3) is 11.1 Å². The molecule has 0 spiro atoms. The summed E-state index contributed by atoms with van der Waals surface area (Å²) < 4.78 is 15.1. The molecule has 1 atom stereocenters. The molecule has 0 aromatic carbocycles. The number of nitrogens with zero attached hydrogens (tertiary/aromatic N) is 2. The molecule has 0 saturated heterocycles. The first-order chi connectivity index (χ1) is 11.0. The highest BCUT2D eigenvalue weighted by Crippen LogP contribution is 2.27. The lowest BCUT2D eigenvalue weighted by molar-refractivity contribution is 0.0912. The molecule has 1 unspecified atom stereocenters. The van der Waals surface area contributed by atoms with Crippen LogP contribution in [0.1, 0.15) is 23.0 Å². The van der Waals surface area contributed by atoms with Gasteiger partial charge in [-0.1, -0.05) is 0 Å². The molecule has 23 heavy (non-hydrogen) atoms. The van der Waals surface area contributed by atoms with Crippen molar-refractivity contribution in [3.8, 4) is 11.1 Å². The topological polar surface area (TPSA) is 96.2 Å². The molecule has 3 heterocycles. The number of nitrogens with one attached hydrogen (secondary N) is 2. The maximum Gasteiger partial charge on any atom is 0.404 e. The SMILES string of the molecule is O=C(O)NCCC1CNC(=O)c2cc(-c3ccnc(F)c3)cn21. The van der Waals surface area contributed by atoms with Crippen molar-refractivity contribution in [2.45, 2.75) is 12.5 Å². The van der Waals surface area contributed by atoms with Crippen LogP contribution >= 0.6 is 0 Å². The Labute approximate surface area is 131 Å². The van der Waals surface area contributed by atoms with Crippen LogP contribution in [-0.2, 0) is 0 Å². The normalized spacial score (nSPS) is 16.6. The molecule has 3 N–H and O–H groups in total. The molecule has 3 rings (SSSR count). The Morgan fingerprint density at radius 1 is 1.48 bits per heavy atom. The number of halogens is 1. The largest absolute Gasteiger partial charge is 0.465 e. The molecule has 2 amide bonds. The molecule has 0 radical (unpaired) electrons. The number of aromatic nitrogens is 2. The van der Waals surface area contributed by atoms with E-state index in [1.54, 1.807) is 18.3 Å². The maximum atomic E-state index is 13.3. The highest BCUT2D eigenvalue weighted by molar-refractivity contribution is 5.95. The highest BCUT2D eigenvalue weighted by Gasteiger charge is 2.25. The molecule has 1 aliphatic rings. The first-order valence-electron chi connectivity index (χ1n) is 7.13. The number of hydrogen-bond donors (Lipinski definition) is 3. The fraction of sp³-hybridized carbons (Fsp3) is 0.267. The summed E-state index contributed by atoms with van der Waals surface area (Å²) >= 11 is 0. The standard InChI is InChI=1S/C15H15FN4O3/c16-13-6-9(1-3-17-13)10-5-12-14(21)19-7-11(20(12)8-10)2-4-18-15(22)23/h1,3,5-6,8,11,18H,2,4,7H2,(H,19,21)(H,22,23). The van der Waals surface area contributed by atoms with Crippen molar-refractivity contribution in [2.24, 2.45) is 0 Å². The molecular formula is C15H15FN4O3. The van der Waals surface area contributed by atoms with Crippen LogP contribution in [0.2, 0.25) is 0 Å². The first kappa shape index (κ1) is 15.0. The van der Waals surface area contributed by atoms with E-state index in [9.17, 15) is 14.0 Å². The molecule has 0 bridgehead atoms. The zero-order valence-electron chi connectivity index (χ0n) is 12.1. The van der Waals surface area contributed by atoms with Crippen molar-refractivity contribution in [1.29, 1.82) is 0 Å². The first-order valence-corrected chi connectivity index (χ1v) is 7.13. The summed E-state index contributed by atoms with van der Waals surface area (Å²) in [5, 5.41) is 13.7. The Bertz CT molecular complexity index is 759. The molecule has 2 aromatic heterocycles. The van der Waals surface area contributed by atoms with Gasteiger partial charge in [0, 0.05) is 37.1 Å². The summed E-state index contributed by atoms with van der Waals surface area (Å²) in [4.78, 5) is 26.0. The Morgan fingerprint density at radius 3 is 3.04 bits per heavy atom. The fourth-order valence-electron chi connectivity index (χ4n) is 2.69. The average Bonchev–Trinajstić information content (AvgIpc) is 2.95. The summed E-state index contributed by atoms with van der Waals surface area (Å²) in [5.41, 5.74) is 1.83. The van der Waals surface area contributed by atoms with Gasteiger partial charge in [-0.05, 0) is 24.1 Å². The molecule has 120 valence electrons. The van der Waals surface area contributed by atoms with E-state index >= 15 is 0 Å². The smallest absolute Gasteiger partial charge is 0.404 e. The van der Waals surface area contributed by atoms with Crippen LogP contribution in [-0.4, -0.2) is 39.7 Å². The summed E-state index contributed by atoms with van der Waals surface area (Å²) in [6, 6.07) is 4.61. The molecule has 8 heteroatoms. The predicted octanol–water partition coefficient (Wildman–Crippen LogP) is 1.63. The van der Waals surface area contributed by atoms with E-state index in [2.05, 4.69) is 15.6 Å². The Kier molecular flexibility index (Phi) is 3.96. The van der Waals surface area contributed by atoms with Gasteiger partial charge < -0.3 is 20.3 Å². The summed E-state index contributed by atoms with van der Waals surface area (Å²) in [7, 11) is 0. The zero-order chi connectivity index (χ0) is 16.4. The van der Waals surface area contributed by atoms with E-state index in [0.717, 1.165) is 5.56 Å². The lowest BCUT2D eigenvalue weighted by atomic mass is 10.1. The van der Waals surface area contributed by atoms with Gasteiger partial charge in [-0.15, -0.1) is 0 Å². The Hall–Kier alpha value is -2.90. The van der Waals surface area contributed by atoms with E-state index in [1.165, 1.54) is 12.3 Å². The number of carbonyl (C=O) groups is 2. The van der Waals surface area contributed by atoms with Crippen molar-refractivity contribution >= 4 is 12.0 Å². The van der Waals surface area contributed by atoms with Crippen molar-refractivity contribution in [1.82, 2.24) is 20.2 Å². The summed E-state index contributed by atoms with van der Waals surface area (Å²) in [6.45, 7) is 0.707. The van der Waals surface area contributed by atoms with Crippen LogP contribution in [0.5, 0.6) is 0 Å². The molecule has 2 aromatic rings. The molecule has 0 fully saturated rings. The second-order valence-corrected chi connectivity index (χ2v) is 5.27. The number of carboxylic acid groups (broad SMARTS) is 1. The van der Waals surface area contributed by atoms with E-state index in [1.807, 2.05) is 4.57 Å². The monoisotopic (exact) mass is 318 g/mol. The van der Waals surface area contributed by atoms with Gasteiger partial charge in [0.25, 0.3) is 5.91 Å². The number of hydrogen-bond acceptors (Lipinski definition) is 3. The van der Waals surface area contributed by atoms with Gasteiger partial charge in [0.05, 0.1) is 6.04 Å². The zero-order valence-corrected chi connectivity index (χ0v) is 12.1. The minimum Gasteiger partial charge on any atom is -0.465 e. The summed E-state index contributed by atoms with van der Waals surface area (Å²) in [6.07, 6.45) is 2.62. The second kappa shape index (κ2) is 6.07. The van der Waals surface area contributed by atoms with Gasteiger partial charge in [-0.2, -0.15) is 4.39 Å². The third kappa shape index (κ3) is 3.15. The van der Waals surface area contributed by atoms with Gasteiger partial charge in [-0.3, -0.25) is 4.79 Å². The Balaban J connectivity index is 1.87. The van der Waals surface area contributed by atoms with Gasteiger partial charge in [0.2, 0.25) is 5.95 Å². The van der Waals surface area contributed by atoms with Crippen LogP contribution in [0.15, 0.2) is 30.6 Å². The van der Waals surface area contributed by atoms with E-state index < -0.39 is 12.0 Å². The molecule has 7 nitrogen and oxygen atoms in total. The average molecular weight is 318 g/mol. The molecule has 0 aliphatic carbocycles. The van der Waals surface area contributed by atoms with Crippen molar-refractivity contribution < 1.29 is 19.1 Å². The van der Waals surface area contributed by atoms with Crippen molar-refractivity contribution in [2.75, 3.05) is 13.1 Å². The number of amides is 2. The number of pyridine rings is 1. The van der Waals surface area contributed by atoms with E-state index in [-0.39, 0.29) is 18.5 Å². The lowest BCUT2D eigenvalue weighted by Crippen LogP contribution is -2.39. The van der Waals surface area contributed by atoms with Gasteiger partial charge in [0.15, 0.2) is 0 Å². The van der Waals surface area contributed by atoms with Crippen molar-refractivity contribution in [3.63, 3.8) is 0 Å². The van der Waals surface area contributed by atoms with Crippen LogP contribution < -0.4 is 10.6 Å². The minimum atomic E-state index is -1.08. The van der Waals surface area contributed by atoms with Crippen LogP contribution in [0.3, 0.4) is 0 Å². The third-order valence-electron chi connectivity index (χ3n) is 3.79. The highest BCUT2D eigenvalue weighted by atomic mass is 19.1. The molecule has 0 saturated carbocycles. The van der Waals surface area contributed by atoms with Crippen LogP contribution in [0.4, 0.5) is 9.18 Å². The van der Waals surface area contributed by atoms with E-state index in [4.69, 9.17) is 5.11 Å². The fourth-order valence-corrected chi connectivity index (χ4v) is 2.69. The lowest BCUT2D eigenvalue weighted by Gasteiger charge is -2.26. The Morgan fingerprint density at radius 2 is 2.30 bits per heavy atom. The number of fused-ring (bicyclic) bond motifs is 1. The van der Waals surface area contributed by atoms with Gasteiger partial charge in [-0.25, -0.2) is 9.78 Å². The van der Waals surface area contributed by atoms with E-state index in [0.29, 0.717) is 24.2 Å². The molecule has 1 aliphatic heterocycles. The van der Waals surface area contributed by atoms with Crippen molar-refractivity contribution in [3.05, 3.63) is 42.2 Å². The summed E-state index contributed by atoms with van der Waals surface area (Å²) in [5.74, 6) is -0.786. The quantitative estimate of drug-likeness (QED) is 0.747. The third-order valence-corrected chi connectivity index (χ3v) is 3.79. The molecular weight excluding hydrogens is 303 g/mol. The minimum absolute atomic E-state index is 0.0602. The number of rotatable bonds is 4. The second-order valence-electron chi connectivity index (χ2n) is 5.27. The number of carbonyl (C=O) groups excluding carboxylic acids is 1. The van der Waals surface area contributed by atoms with Gasteiger partial charge in [0.1, 0.15) is 5.69 Å². The predicted molar refractivity (Wildman–Crippen MR) is 79.6 cm³/mol. The van der Waals surface area contributed by atoms with Crippen LogP contribution in [0, 0.1) is 5.95 Å². The maximum absolute atomic E-state index is 13.3.